The van der Waals surface area contributed by atoms with Crippen LogP contribution in [0.1, 0.15) is 85.5 Å². The second kappa shape index (κ2) is 6.74. The second-order valence-electron chi connectivity index (χ2n) is 12.7. The van der Waals surface area contributed by atoms with Crippen LogP contribution in [0, 0.1) is 15.5 Å². The Labute approximate surface area is 200 Å². The molecule has 2 atom stereocenters. The minimum atomic E-state index is -0.817. The molecule has 3 aliphatic rings. The third kappa shape index (κ3) is 2.96. The number of hydrogen-bond acceptors (Lipinski definition) is 6. The van der Waals surface area contributed by atoms with Gasteiger partial charge in [-0.05, 0) is 64.9 Å². The SMILES string of the molecule is CC1(C)CC(NC(=O)C23CCC(C)(c4nc5ccc([N+](=O)[O-])cc5nc42)C3(C)C)CC(C)(C)N1. The second-order valence-corrected chi connectivity index (χ2v) is 12.7. The highest BCUT2D eigenvalue weighted by atomic mass is 16.6. The average Bonchev–Trinajstić information content (AvgIpc) is 2.99. The number of benzene rings is 1. The van der Waals surface area contributed by atoms with Crippen molar-refractivity contribution in [1.82, 2.24) is 20.6 Å². The zero-order valence-corrected chi connectivity index (χ0v) is 21.2. The summed E-state index contributed by atoms with van der Waals surface area (Å²) in [5, 5.41) is 18.5. The predicted molar refractivity (Wildman–Crippen MR) is 131 cm³/mol. The van der Waals surface area contributed by atoms with E-state index in [-0.39, 0.29) is 34.1 Å². The lowest BCUT2D eigenvalue weighted by atomic mass is 9.63. The van der Waals surface area contributed by atoms with Gasteiger partial charge in [0.05, 0.1) is 32.8 Å². The molecule has 2 fully saturated rings. The first kappa shape index (κ1) is 23.1. The molecule has 1 saturated carbocycles. The van der Waals surface area contributed by atoms with Gasteiger partial charge in [0.2, 0.25) is 5.91 Å². The maximum absolute atomic E-state index is 14.2. The lowest BCUT2D eigenvalue weighted by Crippen LogP contribution is -2.64. The van der Waals surface area contributed by atoms with Crippen LogP contribution in [-0.2, 0) is 15.6 Å². The molecule has 2 aromatic rings. The van der Waals surface area contributed by atoms with Crippen LogP contribution in [0.15, 0.2) is 18.2 Å². The standard InChI is InChI=1S/C26H35N5O3/c1-22(2)13-15(14-23(3,4)30-22)27-21(32)26-11-10-25(7,24(26,5)6)19-20(26)29-18-12-16(31(33)34)8-9-17(18)28-19/h8-9,12,15,30H,10-11,13-14H2,1-7H3,(H,27,32). The molecular weight excluding hydrogens is 430 g/mol. The Morgan fingerprint density at radius 1 is 1.00 bits per heavy atom. The summed E-state index contributed by atoms with van der Waals surface area (Å²) in [6.45, 7) is 15.2. The maximum atomic E-state index is 14.2. The molecule has 182 valence electrons. The highest BCUT2D eigenvalue weighted by Crippen LogP contribution is 2.70. The molecule has 1 aromatic heterocycles. The number of nitro benzene ring substituents is 1. The molecule has 2 heterocycles. The van der Waals surface area contributed by atoms with E-state index >= 15 is 0 Å². The van der Waals surface area contributed by atoms with Gasteiger partial charge in [-0.25, -0.2) is 9.97 Å². The first-order valence-electron chi connectivity index (χ1n) is 12.2. The van der Waals surface area contributed by atoms with Gasteiger partial charge in [-0.2, -0.15) is 0 Å². The molecule has 2 N–H and O–H groups in total. The lowest BCUT2D eigenvalue weighted by Gasteiger charge is -2.48. The summed E-state index contributed by atoms with van der Waals surface area (Å²) < 4.78 is 0. The van der Waals surface area contributed by atoms with E-state index in [4.69, 9.17) is 9.97 Å². The largest absolute Gasteiger partial charge is 0.352 e. The fraction of sp³-hybridized carbons (Fsp3) is 0.654. The van der Waals surface area contributed by atoms with Crippen LogP contribution in [-0.4, -0.2) is 37.9 Å². The van der Waals surface area contributed by atoms with Gasteiger partial charge >= 0.3 is 0 Å². The number of carbonyl (C=O) groups is 1. The van der Waals surface area contributed by atoms with Crippen LogP contribution in [0.4, 0.5) is 5.69 Å². The topological polar surface area (TPSA) is 110 Å². The first-order chi connectivity index (χ1) is 15.6. The highest BCUT2D eigenvalue weighted by molar-refractivity contribution is 5.93. The number of nitro groups is 1. The number of amides is 1. The van der Waals surface area contributed by atoms with Gasteiger partial charge in [0.1, 0.15) is 0 Å². The smallest absolute Gasteiger partial charge is 0.271 e. The quantitative estimate of drug-likeness (QED) is 0.517. The van der Waals surface area contributed by atoms with Crippen molar-refractivity contribution in [1.29, 1.82) is 0 Å². The Kier molecular flexibility index (Phi) is 4.59. The molecule has 0 spiro atoms. The van der Waals surface area contributed by atoms with Gasteiger partial charge in [0, 0.05) is 34.7 Å². The third-order valence-corrected chi connectivity index (χ3v) is 9.14. The van der Waals surface area contributed by atoms with Gasteiger partial charge in [-0.3, -0.25) is 14.9 Å². The summed E-state index contributed by atoms with van der Waals surface area (Å²) in [4.78, 5) is 35.0. The fourth-order valence-electron chi connectivity index (χ4n) is 7.44. The Hall–Kier alpha value is -2.61. The lowest BCUT2D eigenvalue weighted by molar-refractivity contribution is -0.384. The Balaban J connectivity index is 1.61. The van der Waals surface area contributed by atoms with Gasteiger partial charge < -0.3 is 10.6 Å². The van der Waals surface area contributed by atoms with Crippen molar-refractivity contribution < 1.29 is 9.72 Å². The Bertz CT molecular complexity index is 1220. The molecule has 0 radical (unpaired) electrons. The van der Waals surface area contributed by atoms with Crippen LogP contribution in [0.5, 0.6) is 0 Å². The van der Waals surface area contributed by atoms with Crippen molar-refractivity contribution in [3.05, 3.63) is 39.7 Å². The molecule has 34 heavy (non-hydrogen) atoms. The van der Waals surface area contributed by atoms with E-state index in [1.165, 1.54) is 12.1 Å². The molecule has 1 aliphatic heterocycles. The molecule has 1 aromatic carbocycles. The van der Waals surface area contributed by atoms with Gasteiger partial charge in [-0.1, -0.05) is 20.8 Å². The Morgan fingerprint density at radius 3 is 2.24 bits per heavy atom. The fourth-order valence-corrected chi connectivity index (χ4v) is 7.44. The van der Waals surface area contributed by atoms with Crippen molar-refractivity contribution in [3.8, 4) is 0 Å². The minimum Gasteiger partial charge on any atom is -0.352 e. The number of carbonyl (C=O) groups excluding carboxylic acids is 1. The zero-order valence-electron chi connectivity index (χ0n) is 21.2. The summed E-state index contributed by atoms with van der Waals surface area (Å²) in [6, 6.07) is 4.64. The Morgan fingerprint density at radius 2 is 1.62 bits per heavy atom. The van der Waals surface area contributed by atoms with E-state index in [0.717, 1.165) is 25.0 Å². The van der Waals surface area contributed by atoms with Gasteiger partial charge in [0.15, 0.2) is 0 Å². The van der Waals surface area contributed by atoms with Crippen molar-refractivity contribution in [3.63, 3.8) is 0 Å². The molecule has 1 saturated heterocycles. The number of non-ortho nitro benzene ring substituents is 1. The number of nitrogens with one attached hydrogen (secondary N) is 2. The number of fused-ring (bicyclic) bond motifs is 6. The van der Waals surface area contributed by atoms with E-state index in [9.17, 15) is 14.9 Å². The first-order valence-corrected chi connectivity index (χ1v) is 12.2. The zero-order chi connectivity index (χ0) is 24.9. The van der Waals surface area contributed by atoms with Crippen molar-refractivity contribution in [2.45, 2.75) is 102 Å². The van der Waals surface area contributed by atoms with Crippen molar-refractivity contribution in [2.75, 3.05) is 0 Å². The summed E-state index contributed by atoms with van der Waals surface area (Å²) in [5.74, 6) is 0.0116. The monoisotopic (exact) mass is 465 g/mol. The molecular formula is C26H35N5O3. The summed E-state index contributed by atoms with van der Waals surface area (Å²) >= 11 is 0. The van der Waals surface area contributed by atoms with Crippen LogP contribution in [0.3, 0.4) is 0 Å². The predicted octanol–water partition coefficient (Wildman–Crippen LogP) is 4.29. The summed E-state index contributed by atoms with van der Waals surface area (Å²) in [6.07, 6.45) is 3.25. The highest BCUT2D eigenvalue weighted by Gasteiger charge is 2.73. The van der Waals surface area contributed by atoms with Crippen LogP contribution >= 0.6 is 0 Å². The molecule has 8 nitrogen and oxygen atoms in total. The van der Waals surface area contributed by atoms with Crippen LogP contribution in [0.2, 0.25) is 0 Å². The summed E-state index contributed by atoms with van der Waals surface area (Å²) in [7, 11) is 0. The van der Waals surface area contributed by atoms with Gasteiger partial charge in [-0.15, -0.1) is 0 Å². The maximum Gasteiger partial charge on any atom is 0.271 e. The number of piperidine rings is 1. The van der Waals surface area contributed by atoms with E-state index in [1.807, 2.05) is 0 Å². The van der Waals surface area contributed by atoms with Crippen LogP contribution < -0.4 is 10.6 Å². The molecule has 2 unspecified atom stereocenters. The average molecular weight is 466 g/mol. The summed E-state index contributed by atoms with van der Waals surface area (Å²) in [5.41, 5.74) is 0.968. The molecule has 8 heteroatoms. The molecule has 2 bridgehead atoms. The van der Waals surface area contributed by atoms with E-state index in [1.54, 1.807) is 6.07 Å². The molecule has 1 amide bonds. The number of hydrogen-bond donors (Lipinski definition) is 2. The van der Waals surface area contributed by atoms with E-state index < -0.39 is 15.8 Å². The van der Waals surface area contributed by atoms with E-state index in [0.29, 0.717) is 23.1 Å². The van der Waals surface area contributed by atoms with Crippen molar-refractivity contribution >= 4 is 22.6 Å². The number of nitrogens with zero attached hydrogens (tertiary/aromatic N) is 3. The molecule has 5 rings (SSSR count). The van der Waals surface area contributed by atoms with Crippen LogP contribution in [0.25, 0.3) is 11.0 Å². The van der Waals surface area contributed by atoms with E-state index in [2.05, 4.69) is 59.1 Å². The minimum absolute atomic E-state index is 0.0116. The third-order valence-electron chi connectivity index (χ3n) is 9.14. The number of rotatable bonds is 3. The molecule has 2 aliphatic carbocycles. The van der Waals surface area contributed by atoms with Crippen molar-refractivity contribution in [2.24, 2.45) is 5.41 Å². The van der Waals surface area contributed by atoms with Gasteiger partial charge in [0.25, 0.3) is 5.69 Å². The normalized spacial score (nSPS) is 30.8. The number of aromatic nitrogens is 2.